The van der Waals surface area contributed by atoms with Gasteiger partial charge in [-0.2, -0.15) is 0 Å². The fraction of sp³-hybridized carbons (Fsp3) is 0.0333. The van der Waals surface area contributed by atoms with Crippen molar-refractivity contribution in [1.82, 2.24) is 19.1 Å². The summed E-state index contributed by atoms with van der Waals surface area (Å²) < 4.78 is 4.91. The Labute approximate surface area is 369 Å². The predicted molar refractivity (Wildman–Crippen MR) is 268 cm³/mol. The fourth-order valence-electron chi connectivity index (χ4n) is 10.4. The Morgan fingerprint density at radius 1 is 0.406 bits per heavy atom. The van der Waals surface area contributed by atoms with Crippen LogP contribution in [0.3, 0.4) is 0 Å². The van der Waals surface area contributed by atoms with Gasteiger partial charge in [-0.3, -0.25) is 0 Å². The van der Waals surface area contributed by atoms with Crippen LogP contribution < -0.4 is 0 Å². The van der Waals surface area contributed by atoms with Gasteiger partial charge in [0.05, 0.1) is 39.0 Å². The van der Waals surface area contributed by atoms with Crippen molar-refractivity contribution in [3.05, 3.63) is 229 Å². The predicted octanol–water partition coefficient (Wildman–Crippen LogP) is 15.4. The summed E-state index contributed by atoms with van der Waals surface area (Å²) in [6, 6.07) is 76.9. The second kappa shape index (κ2) is 14.4. The monoisotopic (exact) mass is 816 g/mol. The Morgan fingerprint density at radius 2 is 1.03 bits per heavy atom. The molecule has 0 fully saturated rings. The van der Waals surface area contributed by atoms with E-state index in [1.165, 1.54) is 93.1 Å². The molecule has 0 saturated carbocycles. The minimum atomic E-state index is 0.609. The fourth-order valence-corrected chi connectivity index (χ4v) is 10.4. The first kappa shape index (κ1) is 36.3. The molecule has 0 radical (unpaired) electrons. The van der Waals surface area contributed by atoms with E-state index < -0.39 is 0 Å². The summed E-state index contributed by atoms with van der Waals surface area (Å²) in [5.74, 6) is 0.807. The molecule has 0 aliphatic heterocycles. The van der Waals surface area contributed by atoms with Gasteiger partial charge < -0.3 is 9.13 Å². The minimum Gasteiger partial charge on any atom is -0.309 e. The minimum absolute atomic E-state index is 0.609. The van der Waals surface area contributed by atoms with Gasteiger partial charge in [0.25, 0.3) is 0 Å². The molecule has 0 unspecified atom stereocenters. The molecule has 0 aliphatic carbocycles. The van der Waals surface area contributed by atoms with Crippen LogP contribution in [-0.4, -0.2) is 19.1 Å². The lowest BCUT2D eigenvalue weighted by molar-refractivity contribution is 0.997. The van der Waals surface area contributed by atoms with Crippen LogP contribution in [0.1, 0.15) is 17.0 Å². The maximum Gasteiger partial charge on any atom is 0.134 e. The van der Waals surface area contributed by atoms with Gasteiger partial charge in [0, 0.05) is 50.0 Å². The molecule has 4 nitrogen and oxygen atoms in total. The summed E-state index contributed by atoms with van der Waals surface area (Å²) in [4.78, 5) is 10.4. The van der Waals surface area contributed by atoms with Crippen molar-refractivity contribution < 1.29 is 0 Å². The number of hydrogen-bond donors (Lipinski definition) is 0. The van der Waals surface area contributed by atoms with Crippen LogP contribution in [0, 0.1) is 6.92 Å². The summed E-state index contributed by atoms with van der Waals surface area (Å²) in [6.07, 6.45) is 0.609. The van der Waals surface area contributed by atoms with Crippen LogP contribution in [0.5, 0.6) is 0 Å². The summed E-state index contributed by atoms with van der Waals surface area (Å²) >= 11 is 0. The highest BCUT2D eigenvalue weighted by Gasteiger charge is 2.22. The molecule has 0 spiro atoms. The average molecular weight is 817 g/mol. The molecule has 10 aromatic carbocycles. The highest BCUT2D eigenvalue weighted by Crippen LogP contribution is 2.43. The largest absolute Gasteiger partial charge is 0.309 e. The third kappa shape index (κ3) is 5.62. The molecule has 0 amide bonds. The lowest BCUT2D eigenvalue weighted by Crippen LogP contribution is -2.02. The lowest BCUT2D eigenvalue weighted by Gasteiger charge is -2.16. The Balaban J connectivity index is 0.937. The van der Waals surface area contributed by atoms with Gasteiger partial charge in [-0.1, -0.05) is 158 Å². The summed E-state index contributed by atoms with van der Waals surface area (Å²) in [7, 11) is 0. The highest BCUT2D eigenvalue weighted by atomic mass is 15.0. The van der Waals surface area contributed by atoms with Crippen LogP contribution in [0.4, 0.5) is 0 Å². The van der Waals surface area contributed by atoms with Crippen LogP contribution in [0.15, 0.2) is 212 Å². The average Bonchev–Trinajstić information content (AvgIpc) is 3.86. The van der Waals surface area contributed by atoms with E-state index in [0.717, 1.165) is 33.7 Å². The van der Waals surface area contributed by atoms with Crippen LogP contribution >= 0.6 is 0 Å². The molecule has 0 saturated heterocycles. The van der Waals surface area contributed by atoms with E-state index in [2.05, 4.69) is 228 Å². The van der Waals surface area contributed by atoms with Crippen molar-refractivity contribution in [2.75, 3.05) is 0 Å². The van der Waals surface area contributed by atoms with Gasteiger partial charge in [-0.05, 0) is 99.9 Å². The Hall–Kier alpha value is -8.34. The molecule has 13 aromatic rings. The second-order valence-electron chi connectivity index (χ2n) is 17.0. The number of para-hydroxylation sites is 3. The molecule has 3 aromatic heterocycles. The summed E-state index contributed by atoms with van der Waals surface area (Å²) in [5, 5.41) is 11.0. The zero-order chi connectivity index (χ0) is 42.3. The Kier molecular flexibility index (Phi) is 8.16. The van der Waals surface area contributed by atoms with Crippen molar-refractivity contribution in [3.8, 4) is 33.8 Å². The number of hydrogen-bond acceptors (Lipinski definition) is 2. The second-order valence-corrected chi connectivity index (χ2v) is 17.0. The highest BCUT2D eigenvalue weighted by molar-refractivity contribution is 6.29. The van der Waals surface area contributed by atoms with Gasteiger partial charge in [0.1, 0.15) is 5.82 Å². The molecule has 3 heterocycles. The maximum atomic E-state index is 5.29. The zero-order valence-electron chi connectivity index (χ0n) is 35.2. The van der Waals surface area contributed by atoms with E-state index in [9.17, 15) is 0 Å². The molecular weight excluding hydrogens is 777 g/mol. The van der Waals surface area contributed by atoms with Crippen molar-refractivity contribution >= 4 is 76.1 Å². The molecule has 0 atom stereocenters. The van der Waals surface area contributed by atoms with E-state index in [1.807, 2.05) is 0 Å². The lowest BCUT2D eigenvalue weighted by atomic mass is 9.93. The van der Waals surface area contributed by atoms with Gasteiger partial charge in [0.2, 0.25) is 0 Å². The number of nitrogens with zero attached hydrogens (tertiary/aromatic N) is 4. The Morgan fingerprint density at radius 3 is 1.83 bits per heavy atom. The quantitative estimate of drug-likeness (QED) is 0.168. The Bertz CT molecular complexity index is 4010. The number of fused-ring (bicyclic) bond motifs is 10. The van der Waals surface area contributed by atoms with E-state index in [-0.39, 0.29) is 0 Å². The molecule has 4 heteroatoms. The number of rotatable bonds is 6. The zero-order valence-corrected chi connectivity index (χ0v) is 35.2. The molecule has 13 rings (SSSR count). The summed E-state index contributed by atoms with van der Waals surface area (Å²) in [6.45, 7) is 2.24. The molecular formula is C60H40N4. The molecule has 300 valence electrons. The van der Waals surface area contributed by atoms with E-state index >= 15 is 0 Å². The van der Waals surface area contributed by atoms with E-state index in [0.29, 0.717) is 6.42 Å². The molecule has 0 aliphatic rings. The van der Waals surface area contributed by atoms with Crippen LogP contribution in [0.2, 0.25) is 0 Å². The van der Waals surface area contributed by atoms with Crippen molar-refractivity contribution in [2.24, 2.45) is 0 Å². The van der Waals surface area contributed by atoms with Gasteiger partial charge in [-0.25, -0.2) is 9.97 Å². The van der Waals surface area contributed by atoms with Gasteiger partial charge >= 0.3 is 0 Å². The molecule has 0 N–H and O–H groups in total. The number of aryl methyl sites for hydroxylation is 1. The topological polar surface area (TPSA) is 35.6 Å². The first-order chi connectivity index (χ1) is 31.7. The third-order valence-electron chi connectivity index (χ3n) is 13.3. The van der Waals surface area contributed by atoms with E-state index in [4.69, 9.17) is 9.97 Å². The van der Waals surface area contributed by atoms with Crippen LogP contribution in [0.25, 0.3) is 110 Å². The maximum absolute atomic E-state index is 5.29. The van der Waals surface area contributed by atoms with Crippen LogP contribution in [-0.2, 0) is 6.42 Å². The number of aromatic nitrogens is 4. The van der Waals surface area contributed by atoms with Gasteiger partial charge in [0.15, 0.2) is 0 Å². The summed E-state index contributed by atoms with van der Waals surface area (Å²) in [5.41, 5.74) is 14.9. The van der Waals surface area contributed by atoms with Crippen molar-refractivity contribution in [1.29, 1.82) is 0 Å². The van der Waals surface area contributed by atoms with Gasteiger partial charge in [-0.15, -0.1) is 0 Å². The third-order valence-corrected chi connectivity index (χ3v) is 13.3. The smallest absolute Gasteiger partial charge is 0.134 e. The molecule has 64 heavy (non-hydrogen) atoms. The first-order valence-corrected chi connectivity index (χ1v) is 22.0. The SMILES string of the molecule is Cc1cc(-n2c3ccccc3c3c4c5ccccc5n(-c5cccc6ccccc56)c4ccc32)ccc1-c1ccccc1Cc1nc(-c2ccc3ccccc3c2)c2ccccc2n1. The van der Waals surface area contributed by atoms with E-state index in [1.54, 1.807) is 0 Å². The normalized spacial score (nSPS) is 11.9. The standard InChI is InChI=1S/C60H40N4/c1-38-35-44(31-32-45(38)46-20-6-5-18-42(46)37-57-61-51-25-11-8-22-48(51)60(62-57)43-30-29-39-15-2-3-17-41(39)36-43)63-53-26-12-9-23-49(53)58-55(63)33-34-56-59(58)50-24-10-13-27-54(50)64(56)52-28-14-19-40-16-4-7-21-47(40)52/h2-36H,37H2,1H3. The molecule has 0 bridgehead atoms. The van der Waals surface area contributed by atoms with Crippen molar-refractivity contribution in [3.63, 3.8) is 0 Å². The number of benzene rings is 10. The first-order valence-electron chi connectivity index (χ1n) is 22.0. The van der Waals surface area contributed by atoms with Crippen molar-refractivity contribution in [2.45, 2.75) is 13.3 Å².